The zero-order valence-electron chi connectivity index (χ0n) is 23.5. The highest BCUT2D eigenvalue weighted by atomic mass is 16.3. The molecular formula is C32H54O. The van der Waals surface area contributed by atoms with Gasteiger partial charge in [-0.1, -0.05) is 79.2 Å². The number of rotatable bonds is 5. The fraction of sp³-hybridized carbons (Fsp3) is 0.875. The normalized spacial score (nSPS) is 45.5. The third-order valence-corrected chi connectivity index (χ3v) is 12.9. The first-order chi connectivity index (χ1) is 15.1. The van der Waals surface area contributed by atoms with Crippen molar-refractivity contribution in [1.82, 2.24) is 0 Å². The van der Waals surface area contributed by atoms with Gasteiger partial charge in [-0.25, -0.2) is 0 Å². The summed E-state index contributed by atoms with van der Waals surface area (Å²) in [6, 6.07) is 0. The molecule has 0 aromatic rings. The van der Waals surface area contributed by atoms with Gasteiger partial charge in [-0.2, -0.15) is 0 Å². The van der Waals surface area contributed by atoms with Gasteiger partial charge in [-0.05, 0) is 115 Å². The highest BCUT2D eigenvalue weighted by molar-refractivity contribution is 5.32. The largest absolute Gasteiger partial charge is 0.393 e. The average molecular weight is 455 g/mol. The van der Waals surface area contributed by atoms with E-state index in [0.717, 1.165) is 24.2 Å². The van der Waals surface area contributed by atoms with Crippen molar-refractivity contribution in [2.24, 2.45) is 50.7 Å². The summed E-state index contributed by atoms with van der Waals surface area (Å²) in [5.74, 6) is 2.97. The van der Waals surface area contributed by atoms with Crippen LogP contribution in [0.4, 0.5) is 0 Å². The summed E-state index contributed by atoms with van der Waals surface area (Å²) in [6.45, 7) is 26.4. The molecule has 1 nitrogen and oxygen atoms in total. The molecule has 0 heterocycles. The van der Waals surface area contributed by atoms with Gasteiger partial charge in [0.1, 0.15) is 0 Å². The Hall–Kier alpha value is -0.560. The Kier molecular flexibility index (Phi) is 6.17. The van der Waals surface area contributed by atoms with Crippen LogP contribution in [0.1, 0.15) is 120 Å². The first-order valence-corrected chi connectivity index (χ1v) is 14.2. The molecule has 0 aliphatic heterocycles. The predicted octanol–water partition coefficient (Wildman–Crippen LogP) is 8.97. The fourth-order valence-electron chi connectivity index (χ4n) is 9.67. The van der Waals surface area contributed by atoms with E-state index in [1.54, 1.807) is 5.57 Å². The first-order valence-electron chi connectivity index (χ1n) is 14.2. The molecule has 0 saturated heterocycles. The fourth-order valence-corrected chi connectivity index (χ4v) is 9.67. The third kappa shape index (κ3) is 3.56. The molecule has 3 saturated carbocycles. The summed E-state index contributed by atoms with van der Waals surface area (Å²) in [4.78, 5) is 0. The van der Waals surface area contributed by atoms with Gasteiger partial charge in [0, 0.05) is 0 Å². The Morgan fingerprint density at radius 3 is 2.36 bits per heavy atom. The summed E-state index contributed by atoms with van der Waals surface area (Å²) in [5, 5.41) is 10.8. The molecule has 4 aliphatic carbocycles. The van der Waals surface area contributed by atoms with Gasteiger partial charge in [0.15, 0.2) is 0 Å². The topological polar surface area (TPSA) is 20.2 Å². The van der Waals surface area contributed by atoms with E-state index in [9.17, 15) is 5.11 Å². The molecule has 0 spiro atoms. The van der Waals surface area contributed by atoms with Gasteiger partial charge < -0.3 is 5.11 Å². The predicted molar refractivity (Wildman–Crippen MR) is 142 cm³/mol. The summed E-state index contributed by atoms with van der Waals surface area (Å²) >= 11 is 0. The molecule has 0 radical (unpaired) electrons. The number of fused-ring (bicyclic) bond motifs is 5. The average Bonchev–Trinajstić information content (AvgIpc) is 3.01. The van der Waals surface area contributed by atoms with Gasteiger partial charge in [0.25, 0.3) is 0 Å². The van der Waals surface area contributed by atoms with Crippen LogP contribution in [0.2, 0.25) is 0 Å². The maximum atomic E-state index is 10.8. The molecule has 4 aliphatic rings. The van der Waals surface area contributed by atoms with Crippen LogP contribution in [-0.4, -0.2) is 11.2 Å². The lowest BCUT2D eigenvalue weighted by atomic mass is 9.41. The summed E-state index contributed by atoms with van der Waals surface area (Å²) in [6.07, 6.45) is 14.0. The van der Waals surface area contributed by atoms with E-state index in [4.69, 9.17) is 0 Å². The monoisotopic (exact) mass is 454 g/mol. The van der Waals surface area contributed by atoms with Crippen LogP contribution in [0.15, 0.2) is 23.8 Å². The minimum absolute atomic E-state index is 0.0310. The molecule has 1 N–H and O–H groups in total. The van der Waals surface area contributed by atoms with E-state index < -0.39 is 0 Å². The highest BCUT2D eigenvalue weighted by Gasteiger charge is 2.65. The zero-order chi connectivity index (χ0) is 24.6. The Labute approximate surface area is 205 Å². The third-order valence-electron chi connectivity index (χ3n) is 12.9. The number of allylic oxidation sites excluding steroid dienone is 3. The van der Waals surface area contributed by atoms with E-state index in [1.165, 1.54) is 56.9 Å². The van der Waals surface area contributed by atoms with E-state index in [1.807, 2.05) is 0 Å². The second-order valence-electron chi connectivity index (χ2n) is 15.0. The van der Waals surface area contributed by atoms with Gasteiger partial charge in [0.05, 0.1) is 6.10 Å². The lowest BCUT2D eigenvalue weighted by molar-refractivity contribution is -0.118. The number of aliphatic hydroxyl groups is 1. The molecule has 3 fully saturated rings. The summed E-state index contributed by atoms with van der Waals surface area (Å²) in [5.41, 5.74) is 4.54. The zero-order valence-corrected chi connectivity index (χ0v) is 23.5. The Morgan fingerprint density at radius 1 is 1.06 bits per heavy atom. The van der Waals surface area contributed by atoms with Crippen LogP contribution >= 0.6 is 0 Å². The molecule has 188 valence electrons. The molecule has 0 aromatic carbocycles. The standard InChI is InChI=1S/C32H54O/c1-21(2)28(4,5)17-13-22(3)23-14-19-32(10)25-11-12-26-29(6,7)27(33)16-18-30(26,8)24(25)15-20-31(23,32)9/h15,22-23,25-27,33H,1,11-14,16-20H2,2-10H3. The van der Waals surface area contributed by atoms with Crippen LogP contribution in [0.3, 0.4) is 0 Å². The molecule has 8 unspecified atom stereocenters. The van der Waals surface area contributed by atoms with Gasteiger partial charge in [0.2, 0.25) is 0 Å². The highest BCUT2D eigenvalue weighted by Crippen LogP contribution is 2.73. The molecule has 4 rings (SSSR count). The van der Waals surface area contributed by atoms with E-state index in [2.05, 4.69) is 75.0 Å². The van der Waals surface area contributed by atoms with Crippen molar-refractivity contribution < 1.29 is 5.11 Å². The van der Waals surface area contributed by atoms with Gasteiger partial charge >= 0.3 is 0 Å². The quantitative estimate of drug-likeness (QED) is 0.411. The van der Waals surface area contributed by atoms with Crippen molar-refractivity contribution in [2.45, 2.75) is 126 Å². The van der Waals surface area contributed by atoms with E-state index >= 15 is 0 Å². The molecule has 33 heavy (non-hydrogen) atoms. The molecule has 8 atom stereocenters. The van der Waals surface area contributed by atoms with Crippen LogP contribution in [0, 0.1) is 50.7 Å². The number of aliphatic hydroxyl groups excluding tert-OH is 1. The lowest BCUT2D eigenvalue weighted by Gasteiger charge is -2.64. The molecule has 0 aromatic heterocycles. The second-order valence-corrected chi connectivity index (χ2v) is 15.0. The van der Waals surface area contributed by atoms with Crippen molar-refractivity contribution in [3.05, 3.63) is 23.8 Å². The lowest BCUT2D eigenvalue weighted by Crippen LogP contribution is -2.57. The smallest absolute Gasteiger partial charge is 0.0594 e. The van der Waals surface area contributed by atoms with Crippen LogP contribution in [-0.2, 0) is 0 Å². The first kappa shape index (κ1) is 25.5. The van der Waals surface area contributed by atoms with Crippen molar-refractivity contribution in [3.8, 4) is 0 Å². The van der Waals surface area contributed by atoms with Crippen LogP contribution in [0.5, 0.6) is 0 Å². The van der Waals surface area contributed by atoms with E-state index in [0.29, 0.717) is 16.7 Å². The van der Waals surface area contributed by atoms with Crippen molar-refractivity contribution in [2.75, 3.05) is 0 Å². The molecule has 0 amide bonds. The van der Waals surface area contributed by atoms with Crippen molar-refractivity contribution >= 4 is 0 Å². The van der Waals surface area contributed by atoms with Crippen molar-refractivity contribution in [3.63, 3.8) is 0 Å². The maximum absolute atomic E-state index is 10.8. The Bertz CT molecular complexity index is 816. The minimum atomic E-state index is -0.141. The second kappa shape index (κ2) is 7.97. The van der Waals surface area contributed by atoms with Gasteiger partial charge in [-0.15, -0.1) is 0 Å². The van der Waals surface area contributed by atoms with E-state index in [-0.39, 0.29) is 22.3 Å². The number of hydrogen-bond acceptors (Lipinski definition) is 1. The maximum Gasteiger partial charge on any atom is 0.0594 e. The number of hydrogen-bond donors (Lipinski definition) is 1. The molecule has 0 bridgehead atoms. The van der Waals surface area contributed by atoms with Crippen LogP contribution in [0.25, 0.3) is 0 Å². The SMILES string of the molecule is C=C(C)C(C)(C)CCC(C)C1CCC2(C)C3CCC4C(C)(CCC(O)C4(C)C)C3=CCC12C. The van der Waals surface area contributed by atoms with Gasteiger partial charge in [-0.3, -0.25) is 0 Å². The van der Waals surface area contributed by atoms with Crippen molar-refractivity contribution in [1.29, 1.82) is 0 Å². The summed E-state index contributed by atoms with van der Waals surface area (Å²) < 4.78 is 0. The molecule has 1 heteroatoms. The molecular weight excluding hydrogens is 400 g/mol. The Balaban J connectivity index is 1.61. The Morgan fingerprint density at radius 2 is 1.73 bits per heavy atom. The minimum Gasteiger partial charge on any atom is -0.393 e. The summed E-state index contributed by atoms with van der Waals surface area (Å²) in [7, 11) is 0. The van der Waals surface area contributed by atoms with Crippen LogP contribution < -0.4 is 0 Å².